The lowest BCUT2D eigenvalue weighted by atomic mass is 10.1. The van der Waals surface area contributed by atoms with Crippen LogP contribution in [0.15, 0.2) is 16.6 Å². The molecule has 0 aliphatic carbocycles. The molecule has 1 unspecified atom stereocenters. The molecule has 0 bridgehead atoms. The lowest BCUT2D eigenvalue weighted by molar-refractivity contribution is 0.244. The average molecular weight is 342 g/mol. The molecule has 0 spiro atoms. The fourth-order valence-corrected chi connectivity index (χ4v) is 2.00. The maximum absolute atomic E-state index is 13.5. The van der Waals surface area contributed by atoms with E-state index in [0.29, 0.717) is 10.0 Å². The molecule has 1 atom stereocenters. The van der Waals surface area contributed by atoms with Crippen LogP contribution in [0.1, 0.15) is 31.4 Å². The van der Waals surface area contributed by atoms with Crippen LogP contribution in [0, 0.1) is 5.82 Å². The summed E-state index contributed by atoms with van der Waals surface area (Å²) in [5, 5.41) is 12.5. The van der Waals surface area contributed by atoms with Gasteiger partial charge in [0.1, 0.15) is 5.82 Å². The number of aliphatic hydroxyl groups is 1. The van der Waals surface area contributed by atoms with Crippen molar-refractivity contribution in [2.75, 3.05) is 18.9 Å². The highest BCUT2D eigenvalue weighted by atomic mass is 79.9. The van der Waals surface area contributed by atoms with Crippen molar-refractivity contribution >= 4 is 34.0 Å². The van der Waals surface area contributed by atoms with Crippen molar-refractivity contribution in [3.05, 3.63) is 28.0 Å². The molecule has 6 heteroatoms. The van der Waals surface area contributed by atoms with E-state index in [1.54, 1.807) is 6.07 Å². The maximum Gasteiger partial charge on any atom is 0.147 e. The van der Waals surface area contributed by atoms with Crippen LogP contribution < -0.4 is 11.1 Å². The van der Waals surface area contributed by atoms with E-state index in [-0.39, 0.29) is 30.7 Å². The van der Waals surface area contributed by atoms with Crippen LogP contribution in [0.4, 0.5) is 10.1 Å². The SMILES string of the molecule is CCCCNC(CO)c1cc(F)c(N)c(Br)c1.Cl. The molecule has 104 valence electrons. The number of unbranched alkanes of at least 4 members (excludes halogenated alkanes) is 1. The van der Waals surface area contributed by atoms with E-state index in [9.17, 15) is 9.50 Å². The summed E-state index contributed by atoms with van der Waals surface area (Å²) in [6.45, 7) is 2.82. The van der Waals surface area contributed by atoms with E-state index in [1.807, 2.05) is 0 Å². The second kappa shape index (κ2) is 8.69. The zero-order valence-corrected chi connectivity index (χ0v) is 12.7. The van der Waals surface area contributed by atoms with E-state index in [2.05, 4.69) is 28.2 Å². The van der Waals surface area contributed by atoms with Gasteiger partial charge in [0.25, 0.3) is 0 Å². The van der Waals surface area contributed by atoms with E-state index < -0.39 is 5.82 Å². The van der Waals surface area contributed by atoms with Crippen molar-refractivity contribution in [2.24, 2.45) is 0 Å². The molecule has 1 aromatic carbocycles. The van der Waals surface area contributed by atoms with E-state index >= 15 is 0 Å². The van der Waals surface area contributed by atoms with Gasteiger partial charge in [0.05, 0.1) is 18.3 Å². The molecular weight excluding hydrogens is 322 g/mol. The molecule has 4 N–H and O–H groups in total. The van der Waals surface area contributed by atoms with Gasteiger partial charge in [-0.3, -0.25) is 0 Å². The Hall–Kier alpha value is -0.360. The van der Waals surface area contributed by atoms with Gasteiger partial charge in [-0.2, -0.15) is 0 Å². The van der Waals surface area contributed by atoms with Gasteiger partial charge in [-0.25, -0.2) is 4.39 Å². The molecule has 0 amide bonds. The lowest BCUT2D eigenvalue weighted by Crippen LogP contribution is -2.25. The number of nitrogen functional groups attached to an aromatic ring is 1. The third kappa shape index (κ3) is 4.72. The highest BCUT2D eigenvalue weighted by molar-refractivity contribution is 9.10. The third-order valence-corrected chi connectivity index (χ3v) is 3.26. The molecule has 3 nitrogen and oxygen atoms in total. The first kappa shape index (κ1) is 17.6. The van der Waals surface area contributed by atoms with Crippen LogP contribution in [-0.2, 0) is 0 Å². The number of aliphatic hydroxyl groups excluding tert-OH is 1. The Bertz CT molecular complexity index is 356. The van der Waals surface area contributed by atoms with Crippen LogP contribution in [0.25, 0.3) is 0 Å². The standard InChI is InChI=1S/C12H18BrFN2O.ClH/c1-2-3-4-16-11(7-17)8-5-9(13)12(15)10(14)6-8;/h5-6,11,16-17H,2-4,7,15H2,1H3;1H. The average Bonchev–Trinajstić information content (AvgIpc) is 2.31. The first-order valence-corrected chi connectivity index (χ1v) is 6.48. The Balaban J connectivity index is 0.00000289. The summed E-state index contributed by atoms with van der Waals surface area (Å²) in [6.07, 6.45) is 2.10. The molecule has 0 saturated carbocycles. The Kier molecular flexibility index (Phi) is 8.52. The lowest BCUT2D eigenvalue weighted by Gasteiger charge is -2.17. The van der Waals surface area contributed by atoms with Gasteiger partial charge < -0.3 is 16.2 Å². The molecular formula is C12H19BrClFN2O. The molecule has 0 fully saturated rings. The second-order valence-electron chi connectivity index (χ2n) is 3.94. The van der Waals surface area contributed by atoms with Gasteiger partial charge in [-0.1, -0.05) is 13.3 Å². The van der Waals surface area contributed by atoms with Gasteiger partial charge in [-0.15, -0.1) is 12.4 Å². The predicted molar refractivity (Wildman–Crippen MR) is 78.5 cm³/mol. The molecule has 0 aliphatic rings. The van der Waals surface area contributed by atoms with Gasteiger partial charge in [0, 0.05) is 4.47 Å². The minimum absolute atomic E-state index is 0. The third-order valence-electron chi connectivity index (χ3n) is 2.61. The van der Waals surface area contributed by atoms with Crippen LogP contribution in [-0.4, -0.2) is 18.3 Å². The van der Waals surface area contributed by atoms with E-state index in [4.69, 9.17) is 5.73 Å². The Morgan fingerprint density at radius 2 is 2.17 bits per heavy atom. The molecule has 18 heavy (non-hydrogen) atoms. The monoisotopic (exact) mass is 340 g/mol. The van der Waals surface area contributed by atoms with Crippen LogP contribution in [0.3, 0.4) is 0 Å². The van der Waals surface area contributed by atoms with Crippen LogP contribution in [0.5, 0.6) is 0 Å². The molecule has 0 saturated heterocycles. The number of rotatable bonds is 6. The number of hydrogen-bond acceptors (Lipinski definition) is 3. The van der Waals surface area contributed by atoms with Crippen molar-refractivity contribution in [3.8, 4) is 0 Å². The minimum atomic E-state index is -0.467. The van der Waals surface area contributed by atoms with Gasteiger partial charge in [0.15, 0.2) is 0 Å². The Morgan fingerprint density at radius 1 is 1.50 bits per heavy atom. The maximum atomic E-state index is 13.5. The highest BCUT2D eigenvalue weighted by Crippen LogP contribution is 2.27. The predicted octanol–water partition coefficient (Wildman–Crippen LogP) is 3.02. The summed E-state index contributed by atoms with van der Waals surface area (Å²) in [7, 11) is 0. The molecule has 0 aromatic heterocycles. The van der Waals surface area contributed by atoms with E-state index in [0.717, 1.165) is 19.4 Å². The summed E-state index contributed by atoms with van der Waals surface area (Å²) in [4.78, 5) is 0. The summed E-state index contributed by atoms with van der Waals surface area (Å²) < 4.78 is 14.0. The van der Waals surface area contributed by atoms with Crippen molar-refractivity contribution in [1.82, 2.24) is 5.32 Å². The number of anilines is 1. The van der Waals surface area contributed by atoms with Crippen LogP contribution >= 0.6 is 28.3 Å². The largest absolute Gasteiger partial charge is 0.395 e. The molecule has 1 rings (SSSR count). The highest BCUT2D eigenvalue weighted by Gasteiger charge is 2.13. The van der Waals surface area contributed by atoms with Crippen LogP contribution in [0.2, 0.25) is 0 Å². The topological polar surface area (TPSA) is 58.3 Å². The first-order chi connectivity index (χ1) is 8.10. The van der Waals surface area contributed by atoms with Crippen molar-refractivity contribution in [3.63, 3.8) is 0 Å². The summed E-state index contributed by atoms with van der Waals surface area (Å²) >= 11 is 3.20. The van der Waals surface area contributed by atoms with Gasteiger partial charge >= 0.3 is 0 Å². The fourth-order valence-electron chi connectivity index (χ4n) is 1.55. The normalized spacial score (nSPS) is 12.0. The number of benzene rings is 1. The smallest absolute Gasteiger partial charge is 0.147 e. The van der Waals surface area contributed by atoms with Gasteiger partial charge in [0.2, 0.25) is 0 Å². The molecule has 0 aliphatic heterocycles. The number of halogens is 3. The zero-order chi connectivity index (χ0) is 12.8. The van der Waals surface area contributed by atoms with Gasteiger partial charge in [-0.05, 0) is 46.6 Å². The second-order valence-corrected chi connectivity index (χ2v) is 4.80. The zero-order valence-electron chi connectivity index (χ0n) is 10.2. The molecule has 0 heterocycles. The number of nitrogens with one attached hydrogen (secondary N) is 1. The fraction of sp³-hybridized carbons (Fsp3) is 0.500. The number of hydrogen-bond donors (Lipinski definition) is 3. The summed E-state index contributed by atoms with van der Waals surface area (Å²) in [6, 6.07) is 2.84. The van der Waals surface area contributed by atoms with Crippen molar-refractivity contribution in [1.29, 1.82) is 0 Å². The molecule has 1 aromatic rings. The Morgan fingerprint density at radius 3 is 2.67 bits per heavy atom. The number of nitrogens with two attached hydrogens (primary N) is 1. The molecule has 0 radical (unpaired) electrons. The van der Waals surface area contributed by atoms with Crippen molar-refractivity contribution < 1.29 is 9.50 Å². The Labute approximate surface area is 121 Å². The summed E-state index contributed by atoms with van der Waals surface area (Å²) in [5.41, 5.74) is 6.30. The van der Waals surface area contributed by atoms with Crippen molar-refractivity contribution in [2.45, 2.75) is 25.8 Å². The first-order valence-electron chi connectivity index (χ1n) is 5.68. The quantitative estimate of drug-likeness (QED) is 0.550. The van der Waals surface area contributed by atoms with E-state index in [1.165, 1.54) is 6.07 Å². The minimum Gasteiger partial charge on any atom is -0.395 e. The summed E-state index contributed by atoms with van der Waals surface area (Å²) in [5.74, 6) is -0.467.